The molecule has 0 aromatic rings. The normalized spacial score (nSPS) is 6.00. The van der Waals surface area contributed by atoms with Crippen LogP contribution < -0.4 is 0 Å². The second kappa shape index (κ2) is 30.2. The molecule has 0 saturated carbocycles. The minimum absolute atomic E-state index is 0. The molecular formula is C9H24IV-. The van der Waals surface area contributed by atoms with Crippen LogP contribution in [0.3, 0.4) is 0 Å². The van der Waals surface area contributed by atoms with Gasteiger partial charge in [0, 0.05) is 18.6 Å². The van der Waals surface area contributed by atoms with Gasteiger partial charge < -0.3 is 7.43 Å². The van der Waals surface area contributed by atoms with E-state index in [0.29, 0.717) is 0 Å². The molecule has 0 saturated heterocycles. The van der Waals surface area contributed by atoms with E-state index in [1.165, 1.54) is 32.1 Å². The first-order valence-electron chi connectivity index (χ1n) is 3.41. The van der Waals surface area contributed by atoms with Crippen LogP contribution in [0, 0.1) is 7.43 Å². The third-order valence-electron chi connectivity index (χ3n) is 1.21. The van der Waals surface area contributed by atoms with Gasteiger partial charge in [0.1, 0.15) is 0 Å². The van der Waals surface area contributed by atoms with E-state index in [0.717, 1.165) is 0 Å². The van der Waals surface area contributed by atoms with E-state index in [2.05, 4.69) is 13.8 Å². The molecule has 0 fully saturated rings. The monoisotopic (exact) mass is 310 g/mol. The summed E-state index contributed by atoms with van der Waals surface area (Å²) in [7, 11) is 0. The Balaban J connectivity index is -0.0000000300. The Morgan fingerprint density at radius 3 is 1.27 bits per heavy atom. The summed E-state index contributed by atoms with van der Waals surface area (Å²) in [5.41, 5.74) is 0. The summed E-state index contributed by atoms with van der Waals surface area (Å²) < 4.78 is 0. The van der Waals surface area contributed by atoms with Crippen molar-refractivity contribution in [3.05, 3.63) is 7.43 Å². The van der Waals surface area contributed by atoms with E-state index in [-0.39, 0.29) is 57.4 Å². The van der Waals surface area contributed by atoms with Crippen LogP contribution in [0.25, 0.3) is 0 Å². The minimum Gasteiger partial charge on any atom is -0.358 e. The Hall–Kier alpha value is 1.31. The van der Waals surface area contributed by atoms with Crippen molar-refractivity contribution in [2.45, 2.75) is 53.4 Å². The van der Waals surface area contributed by atoms with Gasteiger partial charge in [-0.2, -0.15) is 0 Å². The van der Waals surface area contributed by atoms with Crippen molar-refractivity contribution in [2.24, 2.45) is 0 Å². The van der Waals surface area contributed by atoms with Crippen LogP contribution >= 0.6 is 24.0 Å². The summed E-state index contributed by atoms with van der Waals surface area (Å²) in [4.78, 5) is 0. The molecule has 0 nitrogen and oxygen atoms in total. The Morgan fingerprint density at radius 1 is 0.818 bits per heavy atom. The zero-order valence-electron chi connectivity index (χ0n) is 7.39. The predicted octanol–water partition coefficient (Wildman–Crippen LogP) is 4.68. The SMILES string of the molecule is C.CCCCCCC.I.[CH3-].[V]. The summed E-state index contributed by atoms with van der Waals surface area (Å²) in [6.07, 6.45) is 7.01. The van der Waals surface area contributed by atoms with Gasteiger partial charge in [0.25, 0.3) is 0 Å². The maximum absolute atomic E-state index is 2.25. The zero-order valence-corrected chi connectivity index (χ0v) is 11.1. The first kappa shape index (κ1) is 29.5. The molecule has 1 radical (unpaired) electrons. The molecule has 0 bridgehead atoms. The Labute approximate surface area is 103 Å². The first-order valence-corrected chi connectivity index (χ1v) is 3.41. The Morgan fingerprint density at radius 2 is 1.09 bits per heavy atom. The van der Waals surface area contributed by atoms with Crippen molar-refractivity contribution in [1.29, 1.82) is 0 Å². The summed E-state index contributed by atoms with van der Waals surface area (Å²) in [5.74, 6) is 0. The van der Waals surface area contributed by atoms with Crippen LogP contribution in [0.15, 0.2) is 0 Å². The van der Waals surface area contributed by atoms with Gasteiger partial charge in [-0.15, -0.1) is 24.0 Å². The molecule has 0 atom stereocenters. The molecule has 0 N–H and O–H groups in total. The third kappa shape index (κ3) is 34.8. The quantitative estimate of drug-likeness (QED) is 0.402. The fourth-order valence-corrected chi connectivity index (χ4v) is 0.677. The molecule has 11 heavy (non-hydrogen) atoms. The first-order chi connectivity index (χ1) is 3.41. The van der Waals surface area contributed by atoms with E-state index in [1.807, 2.05) is 0 Å². The molecular weight excluding hydrogens is 286 g/mol. The molecule has 0 aromatic carbocycles. The average Bonchev–Trinajstić information content (AvgIpc) is 1.69. The molecule has 0 heterocycles. The maximum atomic E-state index is 2.25. The van der Waals surface area contributed by atoms with Crippen molar-refractivity contribution in [1.82, 2.24) is 0 Å². The van der Waals surface area contributed by atoms with E-state index < -0.39 is 0 Å². The van der Waals surface area contributed by atoms with Gasteiger partial charge >= 0.3 is 0 Å². The van der Waals surface area contributed by atoms with Gasteiger partial charge in [-0.3, -0.25) is 0 Å². The molecule has 0 aliphatic rings. The summed E-state index contributed by atoms with van der Waals surface area (Å²) in [5, 5.41) is 0. The second-order valence-corrected chi connectivity index (χ2v) is 2.06. The van der Waals surface area contributed by atoms with Gasteiger partial charge in [0.2, 0.25) is 0 Å². The fourth-order valence-electron chi connectivity index (χ4n) is 0.677. The fraction of sp³-hybridized carbons (Fsp3) is 0.889. The van der Waals surface area contributed by atoms with Crippen LogP contribution in [0.4, 0.5) is 0 Å². The van der Waals surface area contributed by atoms with Crippen LogP contribution in [0.5, 0.6) is 0 Å². The van der Waals surface area contributed by atoms with Crippen molar-refractivity contribution >= 4 is 24.0 Å². The molecule has 0 spiro atoms. The van der Waals surface area contributed by atoms with Gasteiger partial charge in [-0.1, -0.05) is 53.4 Å². The van der Waals surface area contributed by atoms with Crippen molar-refractivity contribution < 1.29 is 18.6 Å². The summed E-state index contributed by atoms with van der Waals surface area (Å²) >= 11 is 0. The van der Waals surface area contributed by atoms with Crippen LogP contribution in [0.2, 0.25) is 0 Å². The minimum atomic E-state index is 0. The van der Waals surface area contributed by atoms with Gasteiger partial charge in [0.05, 0.1) is 0 Å². The Kier molecular flexibility index (Phi) is 80.9. The topological polar surface area (TPSA) is 0 Å². The van der Waals surface area contributed by atoms with E-state index in [1.54, 1.807) is 0 Å². The molecule has 0 amide bonds. The number of hydrogen-bond acceptors (Lipinski definition) is 0. The molecule has 0 aromatic heterocycles. The van der Waals surface area contributed by atoms with E-state index in [4.69, 9.17) is 0 Å². The predicted molar refractivity (Wildman–Crippen MR) is 63.0 cm³/mol. The smallest absolute Gasteiger partial charge is 0 e. The van der Waals surface area contributed by atoms with Gasteiger partial charge in [0.15, 0.2) is 0 Å². The molecule has 0 unspecified atom stereocenters. The van der Waals surface area contributed by atoms with E-state index >= 15 is 0 Å². The third-order valence-corrected chi connectivity index (χ3v) is 1.21. The molecule has 2 heteroatoms. The second-order valence-electron chi connectivity index (χ2n) is 2.06. The number of hydrogen-bond donors (Lipinski definition) is 0. The molecule has 0 rings (SSSR count). The largest absolute Gasteiger partial charge is 0.358 e. The zero-order chi connectivity index (χ0) is 5.54. The van der Waals surface area contributed by atoms with E-state index in [9.17, 15) is 0 Å². The maximum Gasteiger partial charge on any atom is 0 e. The van der Waals surface area contributed by atoms with Crippen LogP contribution in [-0.2, 0) is 18.6 Å². The standard InChI is InChI=1S/C7H16.CH4.CH3.HI.V/c1-3-5-7-6-4-2;;;;/h3-7H2,1-2H3;1H4;1H3;1H;/q;;-1;;. The Bertz CT molecular complexity index is 28.7. The summed E-state index contributed by atoms with van der Waals surface area (Å²) in [6.45, 7) is 4.49. The van der Waals surface area contributed by atoms with Gasteiger partial charge in [-0.25, -0.2) is 0 Å². The van der Waals surface area contributed by atoms with Crippen molar-refractivity contribution in [2.75, 3.05) is 0 Å². The number of halogens is 1. The van der Waals surface area contributed by atoms with Crippen molar-refractivity contribution in [3.8, 4) is 0 Å². The molecule has 73 valence electrons. The number of rotatable bonds is 4. The van der Waals surface area contributed by atoms with Crippen molar-refractivity contribution in [3.63, 3.8) is 0 Å². The average molecular weight is 310 g/mol. The molecule has 0 aliphatic carbocycles. The molecule has 0 aliphatic heterocycles. The number of unbranched alkanes of at least 4 members (excludes halogenated alkanes) is 4. The summed E-state index contributed by atoms with van der Waals surface area (Å²) in [6, 6.07) is 0. The van der Waals surface area contributed by atoms with Crippen LogP contribution in [0.1, 0.15) is 53.4 Å². The van der Waals surface area contributed by atoms with Crippen LogP contribution in [-0.4, -0.2) is 0 Å². The van der Waals surface area contributed by atoms with Gasteiger partial charge in [-0.05, 0) is 0 Å².